The van der Waals surface area contributed by atoms with Crippen molar-refractivity contribution in [2.75, 3.05) is 4.90 Å². The summed E-state index contributed by atoms with van der Waals surface area (Å²) in [6.45, 7) is 6.53. The summed E-state index contributed by atoms with van der Waals surface area (Å²) in [6, 6.07) is 36.3. The smallest absolute Gasteiger partial charge is 0.0541 e. The summed E-state index contributed by atoms with van der Waals surface area (Å²) in [7, 11) is 0. The molecule has 166 valence electrons. The molecule has 0 aliphatic rings. The molecule has 2 heteroatoms. The summed E-state index contributed by atoms with van der Waals surface area (Å²) in [5.41, 5.74) is 6.59. The molecular weight excluding hydrogens is 412 g/mol. The molecule has 0 saturated carbocycles. The van der Waals surface area contributed by atoms with Crippen LogP contribution >= 0.6 is 0 Å². The van der Waals surface area contributed by atoms with Gasteiger partial charge in [-0.3, -0.25) is 0 Å². The van der Waals surface area contributed by atoms with Gasteiger partial charge in [0.05, 0.1) is 11.0 Å². The number of para-hydroxylation sites is 3. The molecule has 1 heterocycles. The number of fused-ring (bicyclic) bond motifs is 3. The molecule has 0 aliphatic heterocycles. The fourth-order valence-corrected chi connectivity index (χ4v) is 4.49. The number of hydrogen-bond donors (Lipinski definition) is 0. The van der Waals surface area contributed by atoms with Gasteiger partial charge in [-0.15, -0.1) is 0 Å². The van der Waals surface area contributed by atoms with E-state index in [1.807, 2.05) is 6.07 Å². The van der Waals surface area contributed by atoms with Crippen LogP contribution in [0, 0.1) is 0 Å². The minimum atomic E-state index is 0.909. The first-order valence-corrected chi connectivity index (χ1v) is 11.7. The van der Waals surface area contributed by atoms with Crippen molar-refractivity contribution in [1.29, 1.82) is 0 Å². The maximum Gasteiger partial charge on any atom is 0.0541 e. The SMILES string of the molecule is C=C(/C=C\C=C/CC)N(c1ccccc1)c1cccc(-n2c3ccccc3c3ccccc32)c1. The maximum absolute atomic E-state index is 4.40. The average molecular weight is 441 g/mol. The van der Waals surface area contributed by atoms with E-state index in [0.29, 0.717) is 0 Å². The van der Waals surface area contributed by atoms with Crippen molar-refractivity contribution in [2.45, 2.75) is 13.3 Å². The predicted molar refractivity (Wildman–Crippen MR) is 147 cm³/mol. The Hall–Kier alpha value is -4.30. The topological polar surface area (TPSA) is 8.17 Å². The van der Waals surface area contributed by atoms with Crippen molar-refractivity contribution in [3.05, 3.63) is 140 Å². The fraction of sp³-hybridized carbons (Fsp3) is 0.0625. The molecule has 5 aromatic rings. The highest BCUT2D eigenvalue weighted by Gasteiger charge is 2.15. The summed E-state index contributed by atoms with van der Waals surface area (Å²) >= 11 is 0. The van der Waals surface area contributed by atoms with Crippen LogP contribution in [0.5, 0.6) is 0 Å². The van der Waals surface area contributed by atoms with Gasteiger partial charge < -0.3 is 9.47 Å². The molecule has 0 unspecified atom stereocenters. The van der Waals surface area contributed by atoms with Crippen molar-refractivity contribution >= 4 is 33.2 Å². The Bertz CT molecular complexity index is 1450. The molecule has 0 aliphatic carbocycles. The minimum absolute atomic E-state index is 0.909. The summed E-state index contributed by atoms with van der Waals surface area (Å²) in [5.74, 6) is 0. The van der Waals surface area contributed by atoms with E-state index in [4.69, 9.17) is 0 Å². The molecule has 1 aromatic heterocycles. The van der Waals surface area contributed by atoms with Gasteiger partial charge in [0.2, 0.25) is 0 Å². The van der Waals surface area contributed by atoms with E-state index in [0.717, 1.165) is 29.2 Å². The van der Waals surface area contributed by atoms with Crippen molar-refractivity contribution < 1.29 is 0 Å². The Kier molecular flexibility index (Phi) is 6.13. The number of nitrogens with zero attached hydrogens (tertiary/aromatic N) is 2. The Balaban J connectivity index is 1.66. The lowest BCUT2D eigenvalue weighted by Gasteiger charge is -2.26. The molecular formula is C32H28N2. The van der Waals surface area contributed by atoms with Gasteiger partial charge >= 0.3 is 0 Å². The zero-order chi connectivity index (χ0) is 23.3. The van der Waals surface area contributed by atoms with Crippen molar-refractivity contribution in [1.82, 2.24) is 4.57 Å². The monoisotopic (exact) mass is 440 g/mol. The molecule has 0 bridgehead atoms. The van der Waals surface area contributed by atoms with Crippen LogP contribution in [0.1, 0.15) is 13.3 Å². The van der Waals surface area contributed by atoms with E-state index >= 15 is 0 Å². The second-order valence-corrected chi connectivity index (χ2v) is 8.25. The number of rotatable bonds is 7. The van der Waals surface area contributed by atoms with Gasteiger partial charge in [0, 0.05) is 33.5 Å². The van der Waals surface area contributed by atoms with Gasteiger partial charge in [-0.05, 0) is 55.0 Å². The van der Waals surface area contributed by atoms with Crippen LogP contribution in [0.3, 0.4) is 0 Å². The standard InChI is InChI=1S/C32H28N2/c1-3-4-5-7-15-25(2)33(26-16-8-6-9-17-26)27-18-14-19-28(24-27)34-31-22-12-10-20-29(31)30-21-11-13-23-32(30)34/h4-24H,2-3H2,1H3/b5-4-,15-7-. The van der Waals surface area contributed by atoms with E-state index in [2.05, 4.69) is 144 Å². The second kappa shape index (κ2) is 9.68. The van der Waals surface area contributed by atoms with Crippen LogP contribution in [0.2, 0.25) is 0 Å². The second-order valence-electron chi connectivity index (χ2n) is 8.25. The lowest BCUT2D eigenvalue weighted by molar-refractivity contribution is 1.16. The number of aromatic nitrogens is 1. The van der Waals surface area contributed by atoms with Crippen LogP contribution in [0.4, 0.5) is 11.4 Å². The zero-order valence-corrected chi connectivity index (χ0v) is 19.4. The number of allylic oxidation sites excluding steroid dienone is 4. The van der Waals surface area contributed by atoms with Gasteiger partial charge in [0.1, 0.15) is 0 Å². The lowest BCUT2D eigenvalue weighted by Crippen LogP contribution is -2.14. The average Bonchev–Trinajstić information content (AvgIpc) is 3.22. The largest absolute Gasteiger partial charge is 0.311 e. The molecule has 0 radical (unpaired) electrons. The molecule has 0 saturated heterocycles. The van der Waals surface area contributed by atoms with Crippen LogP contribution in [0.25, 0.3) is 27.5 Å². The summed E-state index contributed by atoms with van der Waals surface area (Å²) in [6.07, 6.45) is 9.34. The van der Waals surface area contributed by atoms with Gasteiger partial charge in [0.25, 0.3) is 0 Å². The number of hydrogen-bond acceptors (Lipinski definition) is 1. The van der Waals surface area contributed by atoms with Gasteiger partial charge in [0.15, 0.2) is 0 Å². The first kappa shape index (κ1) is 21.5. The highest BCUT2D eigenvalue weighted by atomic mass is 15.1. The lowest BCUT2D eigenvalue weighted by atomic mass is 10.2. The summed E-state index contributed by atoms with van der Waals surface area (Å²) in [5, 5.41) is 2.52. The van der Waals surface area contributed by atoms with Crippen molar-refractivity contribution in [3.8, 4) is 5.69 Å². The van der Waals surface area contributed by atoms with E-state index < -0.39 is 0 Å². The normalized spacial score (nSPS) is 11.7. The third-order valence-electron chi connectivity index (χ3n) is 6.00. The number of benzene rings is 4. The van der Waals surface area contributed by atoms with E-state index in [-0.39, 0.29) is 0 Å². The Labute approximate surface area is 201 Å². The van der Waals surface area contributed by atoms with Gasteiger partial charge in [-0.1, -0.05) is 92.4 Å². The van der Waals surface area contributed by atoms with Crippen LogP contribution < -0.4 is 4.90 Å². The van der Waals surface area contributed by atoms with Crippen molar-refractivity contribution in [2.24, 2.45) is 0 Å². The van der Waals surface area contributed by atoms with Gasteiger partial charge in [-0.25, -0.2) is 0 Å². The van der Waals surface area contributed by atoms with Crippen LogP contribution in [-0.2, 0) is 0 Å². The maximum atomic E-state index is 4.40. The molecule has 0 atom stereocenters. The summed E-state index contributed by atoms with van der Waals surface area (Å²) in [4.78, 5) is 2.20. The highest BCUT2D eigenvalue weighted by Crippen LogP contribution is 2.35. The molecule has 5 rings (SSSR count). The fourth-order valence-electron chi connectivity index (χ4n) is 4.49. The van der Waals surface area contributed by atoms with Gasteiger partial charge in [-0.2, -0.15) is 0 Å². The first-order chi connectivity index (χ1) is 16.8. The first-order valence-electron chi connectivity index (χ1n) is 11.7. The highest BCUT2D eigenvalue weighted by molar-refractivity contribution is 6.09. The van der Waals surface area contributed by atoms with Crippen LogP contribution in [-0.4, -0.2) is 4.57 Å². The third-order valence-corrected chi connectivity index (χ3v) is 6.00. The third kappa shape index (κ3) is 4.06. The molecule has 0 fully saturated rings. The van der Waals surface area contributed by atoms with E-state index in [1.165, 1.54) is 21.8 Å². The van der Waals surface area contributed by atoms with E-state index in [9.17, 15) is 0 Å². The Morgan fingerprint density at radius 3 is 2.03 bits per heavy atom. The van der Waals surface area contributed by atoms with E-state index in [1.54, 1.807) is 0 Å². The molecule has 4 aromatic carbocycles. The minimum Gasteiger partial charge on any atom is -0.311 e. The predicted octanol–water partition coefficient (Wildman–Crippen LogP) is 8.96. The molecule has 34 heavy (non-hydrogen) atoms. The summed E-state index contributed by atoms with van der Waals surface area (Å²) < 4.78 is 2.35. The quantitative estimate of drug-likeness (QED) is 0.229. The molecule has 0 spiro atoms. The number of anilines is 2. The van der Waals surface area contributed by atoms with Crippen molar-refractivity contribution in [3.63, 3.8) is 0 Å². The Morgan fingerprint density at radius 2 is 1.35 bits per heavy atom. The molecule has 0 amide bonds. The zero-order valence-electron chi connectivity index (χ0n) is 19.4. The Morgan fingerprint density at radius 1 is 0.735 bits per heavy atom. The van der Waals surface area contributed by atoms with Crippen LogP contribution in [0.15, 0.2) is 140 Å². The molecule has 2 nitrogen and oxygen atoms in total. The molecule has 0 N–H and O–H groups in total.